The summed E-state index contributed by atoms with van der Waals surface area (Å²) in [5.74, 6) is -0.516. The Bertz CT molecular complexity index is 7530. The maximum Gasteiger partial charge on any atom is 0.402 e. The molecule has 0 bridgehead atoms. The molecule has 0 radical (unpaired) electrons. The normalized spacial score (nSPS) is 24.2. The standard InChI is InChI=1S/C108H73F21O/c1-92(2)76-60(32-34-62-64-30-26-56-52-18-14-16-20-72(52)95(7,102(109,110)111)82(56)80(64)93(3,4)78(62)76)61-33-35-63-65-31-27-58-54-24-22-47(45-74(54)97(9,104(115,116)117)83(58)81(65)94(5,6)79(63)77(61)92)49-42-50(44-51(130)43-49)48-23-25-55-59-29-37-67-69-39-41-71-70-40-38-68-66-36-28-57-53-19-15-17-21-73(53)96(8,103(112,113)114)84(57)86(66)99(11,106(121,122)123)88(68)90(70)101(13,108(127,128)129)91(71)89(69)100(12,107(124,125)126)87(67)85(59)98(10,75(55)46-48)105(118,119)120/h14-46,130H,1-13H3. The summed E-state index contributed by atoms with van der Waals surface area (Å²) in [5.41, 5.74) is -30.6. The number of phenols is 1. The lowest BCUT2D eigenvalue weighted by atomic mass is 9.64. The van der Waals surface area contributed by atoms with E-state index in [-0.39, 0.29) is 72.3 Å². The minimum atomic E-state index is -5.88. The van der Waals surface area contributed by atoms with Crippen LogP contribution in [0.2, 0.25) is 0 Å². The zero-order valence-electron chi connectivity index (χ0n) is 71.4. The quantitative estimate of drug-likeness (QED) is 0.171. The molecule has 0 heterocycles. The van der Waals surface area contributed by atoms with E-state index in [9.17, 15) is 5.11 Å². The number of benzene rings is 13. The number of aromatic hydroxyl groups is 1. The van der Waals surface area contributed by atoms with E-state index in [1.807, 2.05) is 64.1 Å². The highest BCUT2D eigenvalue weighted by atomic mass is 19.4. The molecule has 0 saturated carbocycles. The van der Waals surface area contributed by atoms with E-state index in [0.29, 0.717) is 73.6 Å². The first-order chi connectivity index (χ1) is 60.3. The van der Waals surface area contributed by atoms with Gasteiger partial charge in [-0.05, 0) is 324 Å². The third-order valence-electron chi connectivity index (χ3n) is 32.9. The van der Waals surface area contributed by atoms with Crippen molar-refractivity contribution >= 4 is 0 Å². The fraction of sp³-hybridized carbons (Fsp3) is 0.278. The first-order valence-electron chi connectivity index (χ1n) is 42.6. The SMILES string of the molecule is CC1(C)c2c(ccc3c2C(C)(C)c2c-3ccc3c2C(C)(C(F)(F)F)c2ccccc2-3)-c2ccc3c(c21)C(C)(C)c1c-3ccc2c1C(C)(C(F)(F)F)c1cc(-c3cc(O)cc(-c4ccc5c(c4)C(C)(C(F)(F)F)c4c-5ccc5c4C(C)(C(F)(F)F)c4c-5ccc5c4C(C)(C(F)(F)F)c4c-5ccc5c4C(C)(C(F)(F)F)c4c-5ccc5c4C(C)(C(F)(F)F)c4ccccc4-5)c3)ccc1-2. The Morgan fingerprint density at radius 3 is 0.546 bits per heavy atom. The lowest BCUT2D eigenvalue weighted by molar-refractivity contribution is -0.184. The topological polar surface area (TPSA) is 20.2 Å². The van der Waals surface area contributed by atoms with E-state index in [4.69, 9.17) is 0 Å². The number of fused-ring (bicyclic) bond motifs is 38. The van der Waals surface area contributed by atoms with Gasteiger partial charge in [0.25, 0.3) is 0 Å². The van der Waals surface area contributed by atoms with Crippen molar-refractivity contribution in [3.8, 4) is 139 Å². The largest absolute Gasteiger partial charge is 0.508 e. The first-order valence-corrected chi connectivity index (χ1v) is 42.6. The van der Waals surface area contributed by atoms with Gasteiger partial charge in [0, 0.05) is 16.2 Å². The van der Waals surface area contributed by atoms with E-state index in [1.165, 1.54) is 73.7 Å². The van der Waals surface area contributed by atoms with Gasteiger partial charge in [-0.25, -0.2) is 0 Å². The van der Waals surface area contributed by atoms with Crippen molar-refractivity contribution in [1.29, 1.82) is 0 Å². The maximum atomic E-state index is 17.5. The Labute approximate surface area is 731 Å². The summed E-state index contributed by atoms with van der Waals surface area (Å²) in [6.07, 6.45) is -38.1. The van der Waals surface area contributed by atoms with Gasteiger partial charge in [-0.1, -0.05) is 211 Å². The van der Waals surface area contributed by atoms with Gasteiger partial charge in [0.15, 0.2) is 0 Å². The zero-order chi connectivity index (χ0) is 92.8. The Morgan fingerprint density at radius 1 is 0.162 bits per heavy atom. The highest BCUT2D eigenvalue weighted by Crippen LogP contribution is 2.77. The Balaban J connectivity index is 0.615. The predicted octanol–water partition coefficient (Wildman–Crippen LogP) is 31.6. The molecule has 10 aliphatic carbocycles. The van der Waals surface area contributed by atoms with E-state index in [0.717, 1.165) is 100 Å². The smallest absolute Gasteiger partial charge is 0.402 e. The molecule has 13 aromatic carbocycles. The van der Waals surface area contributed by atoms with Crippen LogP contribution < -0.4 is 0 Å². The third-order valence-corrected chi connectivity index (χ3v) is 32.9. The van der Waals surface area contributed by atoms with Crippen LogP contribution in [-0.4, -0.2) is 48.3 Å². The summed E-state index contributed by atoms with van der Waals surface area (Å²) in [6, 6.07) is 47.0. The molecule has 1 nitrogen and oxygen atoms in total. The van der Waals surface area contributed by atoms with E-state index in [2.05, 4.69) is 13.8 Å². The Kier molecular flexibility index (Phi) is 15.1. The third kappa shape index (κ3) is 8.94. The predicted molar refractivity (Wildman–Crippen MR) is 457 cm³/mol. The number of alkyl halides is 21. The van der Waals surface area contributed by atoms with Crippen molar-refractivity contribution in [2.75, 3.05) is 0 Å². The number of rotatable bonds is 2. The summed E-state index contributed by atoms with van der Waals surface area (Å²) < 4.78 is 356. The van der Waals surface area contributed by atoms with Crippen molar-refractivity contribution in [3.63, 3.8) is 0 Å². The molecular weight excluding hydrogens is 1710 g/mol. The van der Waals surface area contributed by atoms with Crippen molar-refractivity contribution in [1.82, 2.24) is 0 Å². The number of hydrogen-bond donors (Lipinski definition) is 1. The Morgan fingerprint density at radius 2 is 0.323 bits per heavy atom. The summed E-state index contributed by atoms with van der Waals surface area (Å²) >= 11 is 0. The van der Waals surface area contributed by atoms with Crippen LogP contribution in [0.5, 0.6) is 5.75 Å². The van der Waals surface area contributed by atoms with Crippen LogP contribution in [0.3, 0.4) is 0 Å². The molecule has 1 N–H and O–H groups in total. The van der Waals surface area contributed by atoms with Crippen LogP contribution in [-0.2, 0) is 54.1 Å². The average molecular weight is 1790 g/mol. The molecule has 0 aliphatic heterocycles. The molecule has 23 rings (SSSR count). The van der Waals surface area contributed by atoms with Gasteiger partial charge in [0.1, 0.15) is 43.7 Å². The molecule has 0 aromatic heterocycles. The zero-order valence-corrected chi connectivity index (χ0v) is 71.4. The van der Waals surface area contributed by atoms with Gasteiger partial charge in [-0.15, -0.1) is 0 Å². The first kappa shape index (κ1) is 82.6. The van der Waals surface area contributed by atoms with Crippen LogP contribution in [0.25, 0.3) is 134 Å². The van der Waals surface area contributed by atoms with Gasteiger partial charge in [-0.3, -0.25) is 0 Å². The summed E-state index contributed by atoms with van der Waals surface area (Å²) in [4.78, 5) is 0. The van der Waals surface area contributed by atoms with Gasteiger partial charge >= 0.3 is 43.2 Å². The van der Waals surface area contributed by atoms with Gasteiger partial charge in [-0.2, -0.15) is 92.2 Å². The van der Waals surface area contributed by atoms with Crippen molar-refractivity contribution in [2.24, 2.45) is 0 Å². The number of halogens is 21. The maximum absolute atomic E-state index is 17.5. The van der Waals surface area contributed by atoms with Crippen LogP contribution in [0, 0.1) is 0 Å². The van der Waals surface area contributed by atoms with E-state index in [1.54, 1.807) is 42.5 Å². The molecule has 0 fully saturated rings. The summed E-state index contributed by atoms with van der Waals surface area (Å²) in [7, 11) is 0. The number of hydrogen-bond acceptors (Lipinski definition) is 1. The molecule has 22 heteroatoms. The van der Waals surface area contributed by atoms with E-state index < -0.39 is 198 Å². The minimum absolute atomic E-state index is 0.0120. The highest BCUT2D eigenvalue weighted by molar-refractivity contribution is 6.04. The van der Waals surface area contributed by atoms with Crippen molar-refractivity contribution < 1.29 is 97.3 Å². The molecule has 0 spiro atoms. The number of phenolic OH excluding ortho intramolecular Hbond substituents is 1. The second-order valence-corrected chi connectivity index (χ2v) is 39.9. The van der Waals surface area contributed by atoms with Crippen LogP contribution in [0.4, 0.5) is 92.2 Å². The average Bonchev–Trinajstić information content (AvgIpc) is 1.48. The minimum Gasteiger partial charge on any atom is -0.508 e. The lowest BCUT2D eigenvalue weighted by Crippen LogP contribution is -2.48. The van der Waals surface area contributed by atoms with Crippen LogP contribution in [0.1, 0.15) is 201 Å². The van der Waals surface area contributed by atoms with Crippen LogP contribution in [0.15, 0.2) is 200 Å². The van der Waals surface area contributed by atoms with Crippen LogP contribution >= 0.6 is 0 Å². The molecule has 0 saturated heterocycles. The monoisotopic (exact) mass is 1780 g/mol. The fourth-order valence-corrected chi connectivity index (χ4v) is 26.8. The van der Waals surface area contributed by atoms with Gasteiger partial charge < -0.3 is 5.11 Å². The molecule has 130 heavy (non-hydrogen) atoms. The van der Waals surface area contributed by atoms with Gasteiger partial charge in [0.2, 0.25) is 0 Å². The second-order valence-electron chi connectivity index (χ2n) is 39.9. The van der Waals surface area contributed by atoms with Gasteiger partial charge in [0.05, 0.1) is 0 Å². The van der Waals surface area contributed by atoms with E-state index >= 15 is 92.2 Å². The molecule has 10 aliphatic rings. The summed E-state index contributed by atoms with van der Waals surface area (Å²) in [6.45, 7) is 16.9. The molecule has 0 amide bonds. The second kappa shape index (κ2) is 23.7. The fourth-order valence-electron chi connectivity index (χ4n) is 26.8. The summed E-state index contributed by atoms with van der Waals surface area (Å²) in [5, 5.41) is 11.8. The van der Waals surface area contributed by atoms with Crippen molar-refractivity contribution in [2.45, 2.75) is 187 Å². The molecule has 7 unspecified atom stereocenters. The van der Waals surface area contributed by atoms with Crippen molar-refractivity contribution in [3.05, 3.63) is 311 Å². The molecule has 7 atom stereocenters. The Hall–Kier alpha value is -11.8. The molecular formula is C108H73F21O. The lowest BCUT2D eigenvalue weighted by Gasteiger charge is -2.41. The molecule has 13 aromatic rings. The highest BCUT2D eigenvalue weighted by Gasteiger charge is 2.74. The molecule has 658 valence electrons.